The van der Waals surface area contributed by atoms with Crippen LogP contribution in [0.2, 0.25) is 0 Å². The molecule has 1 amide bonds. The molecule has 0 aliphatic heterocycles. The number of benzene rings is 2. The van der Waals surface area contributed by atoms with Gasteiger partial charge < -0.3 is 15.8 Å². The lowest BCUT2D eigenvalue weighted by atomic mass is 10.1. The van der Waals surface area contributed by atoms with Crippen LogP contribution in [0.3, 0.4) is 0 Å². The lowest BCUT2D eigenvalue weighted by Crippen LogP contribution is -2.21. The van der Waals surface area contributed by atoms with Gasteiger partial charge in [-0.2, -0.15) is 5.26 Å². The van der Waals surface area contributed by atoms with Crippen LogP contribution in [0.1, 0.15) is 15.9 Å². The molecule has 2 aromatic rings. The lowest BCUT2D eigenvalue weighted by molar-refractivity contribution is -0.119. The van der Waals surface area contributed by atoms with Crippen molar-refractivity contribution in [3.8, 4) is 6.07 Å². The van der Waals surface area contributed by atoms with Gasteiger partial charge in [-0.15, -0.1) is 11.8 Å². The average Bonchev–Trinajstić information content (AvgIpc) is 2.61. The third kappa shape index (κ3) is 4.99. The largest absolute Gasteiger partial charge is 0.452 e. The summed E-state index contributed by atoms with van der Waals surface area (Å²) >= 11 is 1.31. The quantitative estimate of drug-likeness (QED) is 0.469. The number of aryl methyl sites for hydroxylation is 1. The molecule has 0 aliphatic rings. The van der Waals surface area contributed by atoms with E-state index < -0.39 is 18.5 Å². The average molecular weight is 355 g/mol. The highest BCUT2D eigenvalue weighted by atomic mass is 32.2. The van der Waals surface area contributed by atoms with E-state index in [-0.39, 0.29) is 11.3 Å². The molecule has 3 N–H and O–H groups in total. The molecule has 0 atom stereocenters. The van der Waals surface area contributed by atoms with Gasteiger partial charge in [0.15, 0.2) is 6.61 Å². The minimum atomic E-state index is -0.650. The van der Waals surface area contributed by atoms with Crippen molar-refractivity contribution in [1.82, 2.24) is 0 Å². The second-order valence-corrected chi connectivity index (χ2v) is 6.12. The van der Waals surface area contributed by atoms with Gasteiger partial charge in [-0.3, -0.25) is 4.79 Å². The Hall–Kier alpha value is -2.98. The summed E-state index contributed by atoms with van der Waals surface area (Å²) in [7, 11) is 0. The van der Waals surface area contributed by atoms with Gasteiger partial charge in [0.05, 0.1) is 23.1 Å². The van der Waals surface area contributed by atoms with E-state index in [0.29, 0.717) is 11.4 Å². The maximum absolute atomic E-state index is 12.1. The summed E-state index contributed by atoms with van der Waals surface area (Å²) in [6.07, 6.45) is 0. The van der Waals surface area contributed by atoms with E-state index in [4.69, 9.17) is 15.7 Å². The Kier molecular flexibility index (Phi) is 6.43. The molecule has 0 bridgehead atoms. The topological polar surface area (TPSA) is 105 Å². The molecule has 0 unspecified atom stereocenters. The standard InChI is InChI=1S/C18H17N3O3S/c1-12-5-4-6-13(17(12)20)18(23)24-11-16(22)21-14-7-2-3-8-15(14)25-10-9-19/h2-8H,10-11,20H2,1H3,(H,21,22). The van der Waals surface area contributed by atoms with Gasteiger partial charge >= 0.3 is 5.97 Å². The van der Waals surface area contributed by atoms with Crippen molar-refractivity contribution in [2.45, 2.75) is 11.8 Å². The van der Waals surface area contributed by atoms with Gasteiger partial charge in [0.2, 0.25) is 0 Å². The van der Waals surface area contributed by atoms with Crippen LogP contribution in [0.5, 0.6) is 0 Å². The van der Waals surface area contributed by atoms with Crippen molar-refractivity contribution in [3.63, 3.8) is 0 Å². The van der Waals surface area contributed by atoms with Crippen molar-refractivity contribution in [3.05, 3.63) is 53.6 Å². The number of hydrogen-bond acceptors (Lipinski definition) is 6. The van der Waals surface area contributed by atoms with Crippen LogP contribution in [0.15, 0.2) is 47.4 Å². The third-order valence-electron chi connectivity index (χ3n) is 3.33. The Morgan fingerprint density at radius 1 is 1.24 bits per heavy atom. The number of nitrogens with one attached hydrogen (secondary N) is 1. The van der Waals surface area contributed by atoms with Crippen LogP contribution < -0.4 is 11.1 Å². The lowest BCUT2D eigenvalue weighted by Gasteiger charge is -2.11. The Balaban J connectivity index is 1.96. The van der Waals surface area contributed by atoms with E-state index in [1.807, 2.05) is 12.1 Å². The first kappa shape index (κ1) is 18.4. The number of nitrogens with two attached hydrogens (primary N) is 1. The van der Waals surface area contributed by atoms with Gasteiger partial charge in [-0.05, 0) is 30.7 Å². The zero-order valence-corrected chi connectivity index (χ0v) is 14.4. The van der Waals surface area contributed by atoms with Crippen LogP contribution in [0, 0.1) is 18.3 Å². The maximum atomic E-state index is 12.1. The number of thioether (sulfide) groups is 1. The molecule has 0 saturated carbocycles. The van der Waals surface area contributed by atoms with E-state index in [1.54, 1.807) is 43.3 Å². The third-order valence-corrected chi connectivity index (χ3v) is 4.27. The van der Waals surface area contributed by atoms with E-state index in [0.717, 1.165) is 10.5 Å². The zero-order valence-electron chi connectivity index (χ0n) is 13.6. The van der Waals surface area contributed by atoms with E-state index in [9.17, 15) is 9.59 Å². The molecule has 128 valence electrons. The molecule has 0 aliphatic carbocycles. The zero-order chi connectivity index (χ0) is 18.2. The highest BCUT2D eigenvalue weighted by Crippen LogP contribution is 2.26. The fourth-order valence-corrected chi connectivity index (χ4v) is 2.73. The molecular weight excluding hydrogens is 338 g/mol. The number of rotatable bonds is 6. The fraction of sp³-hybridized carbons (Fsp3) is 0.167. The number of amides is 1. The number of para-hydroxylation sites is 2. The Morgan fingerprint density at radius 3 is 2.76 bits per heavy atom. The molecule has 2 rings (SSSR count). The molecule has 0 aromatic heterocycles. The molecule has 25 heavy (non-hydrogen) atoms. The van der Waals surface area contributed by atoms with Crippen LogP contribution >= 0.6 is 11.8 Å². The second kappa shape index (κ2) is 8.76. The van der Waals surface area contributed by atoms with Crippen molar-refractivity contribution in [1.29, 1.82) is 5.26 Å². The molecule has 0 heterocycles. The number of esters is 1. The predicted octanol–water partition coefficient (Wildman–Crippen LogP) is 2.99. The number of carbonyl (C=O) groups excluding carboxylic acids is 2. The van der Waals surface area contributed by atoms with E-state index >= 15 is 0 Å². The van der Waals surface area contributed by atoms with Crippen molar-refractivity contribution >= 4 is 35.0 Å². The number of carbonyl (C=O) groups is 2. The van der Waals surface area contributed by atoms with E-state index in [2.05, 4.69) is 5.32 Å². The number of ether oxygens (including phenoxy) is 1. The number of nitriles is 1. The Morgan fingerprint density at radius 2 is 2.00 bits per heavy atom. The monoisotopic (exact) mass is 355 g/mol. The molecule has 0 radical (unpaired) electrons. The number of nitrogens with zero attached hydrogens (tertiary/aromatic N) is 1. The van der Waals surface area contributed by atoms with Crippen molar-refractivity contribution in [2.75, 3.05) is 23.4 Å². The summed E-state index contributed by atoms with van der Waals surface area (Å²) in [6, 6.07) is 14.2. The van der Waals surface area contributed by atoms with Crippen LogP contribution in [0.4, 0.5) is 11.4 Å². The molecule has 0 saturated heterocycles. The highest BCUT2D eigenvalue weighted by molar-refractivity contribution is 7.99. The molecule has 0 fully saturated rings. The molecule has 2 aromatic carbocycles. The van der Waals surface area contributed by atoms with Gasteiger partial charge in [-0.1, -0.05) is 24.3 Å². The molecule has 7 heteroatoms. The summed E-state index contributed by atoms with van der Waals surface area (Å²) in [5.74, 6) is -0.845. The predicted molar refractivity (Wildman–Crippen MR) is 97.3 cm³/mol. The minimum Gasteiger partial charge on any atom is -0.452 e. The van der Waals surface area contributed by atoms with Gasteiger partial charge in [0, 0.05) is 10.6 Å². The first-order chi connectivity index (χ1) is 12.0. The maximum Gasteiger partial charge on any atom is 0.340 e. The molecule has 6 nitrogen and oxygen atoms in total. The summed E-state index contributed by atoms with van der Waals surface area (Å²) in [4.78, 5) is 24.9. The number of nitrogen functional groups attached to an aromatic ring is 1. The smallest absolute Gasteiger partial charge is 0.340 e. The first-order valence-corrected chi connectivity index (χ1v) is 8.42. The van der Waals surface area contributed by atoms with Gasteiger partial charge in [0.25, 0.3) is 5.91 Å². The van der Waals surface area contributed by atoms with E-state index in [1.165, 1.54) is 11.8 Å². The normalized spacial score (nSPS) is 9.92. The van der Waals surface area contributed by atoms with Gasteiger partial charge in [0.1, 0.15) is 0 Å². The van der Waals surface area contributed by atoms with Crippen molar-refractivity contribution in [2.24, 2.45) is 0 Å². The molecule has 0 spiro atoms. The second-order valence-electron chi connectivity index (χ2n) is 5.10. The highest BCUT2D eigenvalue weighted by Gasteiger charge is 2.15. The Bertz CT molecular complexity index is 831. The van der Waals surface area contributed by atoms with Crippen LogP contribution in [-0.4, -0.2) is 24.2 Å². The van der Waals surface area contributed by atoms with Crippen LogP contribution in [-0.2, 0) is 9.53 Å². The summed E-state index contributed by atoms with van der Waals surface area (Å²) < 4.78 is 5.03. The summed E-state index contributed by atoms with van der Waals surface area (Å²) in [5.41, 5.74) is 7.76. The Labute approximate surface area is 150 Å². The fourth-order valence-electron chi connectivity index (χ4n) is 2.06. The van der Waals surface area contributed by atoms with Crippen LogP contribution in [0.25, 0.3) is 0 Å². The molecular formula is C18H17N3O3S. The minimum absolute atomic E-state index is 0.234. The summed E-state index contributed by atoms with van der Waals surface area (Å²) in [6.45, 7) is 1.36. The SMILES string of the molecule is Cc1cccc(C(=O)OCC(=O)Nc2ccccc2SCC#N)c1N. The first-order valence-electron chi connectivity index (χ1n) is 7.43. The number of anilines is 2. The summed E-state index contributed by atoms with van der Waals surface area (Å²) in [5, 5.41) is 11.3. The van der Waals surface area contributed by atoms with Crippen molar-refractivity contribution < 1.29 is 14.3 Å². The van der Waals surface area contributed by atoms with Gasteiger partial charge in [-0.25, -0.2) is 4.79 Å². The number of hydrogen-bond donors (Lipinski definition) is 2.